The van der Waals surface area contributed by atoms with Crippen molar-refractivity contribution in [2.45, 2.75) is 44.2 Å². The van der Waals surface area contributed by atoms with Crippen LogP contribution in [0.15, 0.2) is 54.6 Å². The van der Waals surface area contributed by atoms with E-state index in [1.54, 1.807) is 24.3 Å². The zero-order chi connectivity index (χ0) is 26.5. The van der Waals surface area contributed by atoms with Gasteiger partial charge in [-0.25, -0.2) is 0 Å². The molecule has 0 unspecified atom stereocenters. The number of amides is 3. The minimum atomic E-state index is -0.980. The second-order valence-corrected chi connectivity index (χ2v) is 10.2. The lowest BCUT2D eigenvalue weighted by molar-refractivity contribution is -0.123. The molecule has 9 nitrogen and oxygen atoms in total. The number of nitrogens with one attached hydrogen (secondary N) is 1. The fraction of sp³-hybridized carbons (Fsp3) is 0.333. The van der Waals surface area contributed by atoms with E-state index < -0.39 is 17.9 Å². The van der Waals surface area contributed by atoms with Gasteiger partial charge in [0, 0.05) is 31.5 Å². The van der Waals surface area contributed by atoms with Crippen molar-refractivity contribution < 1.29 is 14.4 Å². The van der Waals surface area contributed by atoms with Crippen molar-refractivity contribution in [3.8, 4) is 0 Å². The van der Waals surface area contributed by atoms with Gasteiger partial charge in [0.2, 0.25) is 5.91 Å². The van der Waals surface area contributed by atoms with Crippen molar-refractivity contribution in [1.82, 2.24) is 9.69 Å². The first kappa shape index (κ1) is 26.2. The first-order chi connectivity index (χ1) is 17.8. The molecule has 1 heterocycles. The van der Waals surface area contributed by atoms with E-state index >= 15 is 0 Å². The number of rotatable bonds is 8. The van der Waals surface area contributed by atoms with Crippen LogP contribution in [0.3, 0.4) is 0 Å². The summed E-state index contributed by atoms with van der Waals surface area (Å²) < 4.78 is 4.00. The van der Waals surface area contributed by atoms with Crippen LogP contribution in [0.5, 0.6) is 0 Å². The van der Waals surface area contributed by atoms with Crippen LogP contribution in [0.4, 0.5) is 17.1 Å². The standard InChI is InChI=1S/C27H32N6O3S/c1-32(2)19-15-13-17(14-16-19)23(26(35)30-18-9-5-3-6-10-18)33(20-11-7-4-8-12-20)27(36)24-21(28)22(25(29)34)31-37-24/h4,7-8,11-16,18,23H,3,5-6,9-10,28H2,1-2H3,(H2,29,34)(H,30,35)/t23-/m1/s1. The van der Waals surface area contributed by atoms with Gasteiger partial charge in [-0.2, -0.15) is 4.37 Å². The monoisotopic (exact) mass is 520 g/mol. The number of aromatic nitrogens is 1. The molecule has 1 saturated carbocycles. The second-order valence-electron chi connectivity index (χ2n) is 9.38. The van der Waals surface area contributed by atoms with E-state index in [4.69, 9.17) is 11.5 Å². The third-order valence-electron chi connectivity index (χ3n) is 6.59. The van der Waals surface area contributed by atoms with E-state index in [-0.39, 0.29) is 28.2 Å². The summed E-state index contributed by atoms with van der Waals surface area (Å²) in [7, 11) is 3.87. The number of hydrogen-bond donors (Lipinski definition) is 3. The second kappa shape index (κ2) is 11.4. The highest BCUT2D eigenvalue weighted by molar-refractivity contribution is 7.09. The van der Waals surface area contributed by atoms with Gasteiger partial charge in [0.05, 0.1) is 5.69 Å². The quantitative estimate of drug-likeness (QED) is 0.414. The van der Waals surface area contributed by atoms with Crippen LogP contribution in [-0.4, -0.2) is 42.2 Å². The zero-order valence-corrected chi connectivity index (χ0v) is 21.8. The molecule has 1 atom stereocenters. The van der Waals surface area contributed by atoms with Crippen LogP contribution in [0.25, 0.3) is 0 Å². The van der Waals surface area contributed by atoms with Crippen molar-refractivity contribution in [3.63, 3.8) is 0 Å². The molecule has 1 aliphatic carbocycles. The molecule has 194 valence electrons. The number of nitrogens with two attached hydrogens (primary N) is 2. The smallest absolute Gasteiger partial charge is 0.273 e. The van der Waals surface area contributed by atoms with E-state index in [1.165, 1.54) is 4.90 Å². The molecule has 0 aliphatic heterocycles. The number of carbonyl (C=O) groups excluding carboxylic acids is 3. The number of para-hydroxylation sites is 1. The number of hydrogen-bond acceptors (Lipinski definition) is 7. The Kier molecular flexibility index (Phi) is 8.08. The number of benzene rings is 2. The summed E-state index contributed by atoms with van der Waals surface area (Å²) in [6.07, 6.45) is 5.08. The fourth-order valence-electron chi connectivity index (χ4n) is 4.61. The Balaban J connectivity index is 1.82. The molecule has 5 N–H and O–H groups in total. The zero-order valence-electron chi connectivity index (χ0n) is 21.0. The molecule has 3 amide bonds. The van der Waals surface area contributed by atoms with Crippen LogP contribution in [0.2, 0.25) is 0 Å². The molecule has 37 heavy (non-hydrogen) atoms. The van der Waals surface area contributed by atoms with E-state index in [1.807, 2.05) is 49.3 Å². The largest absolute Gasteiger partial charge is 0.395 e. The summed E-state index contributed by atoms with van der Waals surface area (Å²) in [6, 6.07) is 15.6. The molecular formula is C27H32N6O3S. The fourth-order valence-corrected chi connectivity index (χ4v) is 5.35. The number of nitrogen functional groups attached to an aromatic ring is 1. The number of nitrogens with zero attached hydrogens (tertiary/aromatic N) is 3. The van der Waals surface area contributed by atoms with E-state index in [0.717, 1.165) is 49.3 Å². The van der Waals surface area contributed by atoms with Gasteiger partial charge in [-0.3, -0.25) is 19.3 Å². The predicted molar refractivity (Wildman–Crippen MR) is 147 cm³/mol. The minimum absolute atomic E-state index is 0.0486. The molecule has 2 aromatic carbocycles. The van der Waals surface area contributed by atoms with Crippen molar-refractivity contribution >= 4 is 46.3 Å². The number of primary amides is 1. The van der Waals surface area contributed by atoms with Gasteiger partial charge in [0.1, 0.15) is 10.9 Å². The number of carbonyl (C=O) groups is 3. The van der Waals surface area contributed by atoms with Crippen molar-refractivity contribution in [2.75, 3.05) is 29.6 Å². The molecule has 1 aliphatic rings. The lowest BCUT2D eigenvalue weighted by Crippen LogP contribution is -2.47. The Morgan fingerprint density at radius 2 is 1.62 bits per heavy atom. The molecule has 10 heteroatoms. The van der Waals surface area contributed by atoms with E-state index in [0.29, 0.717) is 11.3 Å². The highest BCUT2D eigenvalue weighted by Crippen LogP contribution is 2.34. The average molecular weight is 521 g/mol. The van der Waals surface area contributed by atoms with Crippen molar-refractivity contribution in [1.29, 1.82) is 0 Å². The van der Waals surface area contributed by atoms with Gasteiger partial charge in [0.15, 0.2) is 5.69 Å². The molecule has 1 fully saturated rings. The first-order valence-electron chi connectivity index (χ1n) is 12.3. The normalized spacial score (nSPS) is 14.5. The predicted octanol–water partition coefficient (Wildman–Crippen LogP) is 3.73. The Morgan fingerprint density at radius 1 is 0.973 bits per heavy atom. The molecule has 0 spiro atoms. The minimum Gasteiger partial charge on any atom is -0.395 e. The molecular weight excluding hydrogens is 488 g/mol. The maximum Gasteiger partial charge on any atom is 0.273 e. The molecule has 1 aromatic heterocycles. The third-order valence-corrected chi connectivity index (χ3v) is 7.44. The van der Waals surface area contributed by atoms with Crippen LogP contribution in [0.1, 0.15) is 63.9 Å². The maximum atomic E-state index is 14.1. The summed E-state index contributed by atoms with van der Waals surface area (Å²) in [4.78, 5) is 43.2. The molecule has 3 aromatic rings. The topological polar surface area (TPSA) is 135 Å². The van der Waals surface area contributed by atoms with Gasteiger partial charge in [-0.05, 0) is 54.2 Å². The molecule has 0 saturated heterocycles. The Bertz CT molecular complexity index is 1250. The lowest BCUT2D eigenvalue weighted by Gasteiger charge is -2.33. The molecule has 0 bridgehead atoms. The van der Waals surface area contributed by atoms with Gasteiger partial charge in [0.25, 0.3) is 11.8 Å². The summed E-state index contributed by atoms with van der Waals surface area (Å²) in [5.74, 6) is -1.63. The Morgan fingerprint density at radius 3 is 2.19 bits per heavy atom. The van der Waals surface area contributed by atoms with Crippen LogP contribution in [-0.2, 0) is 4.79 Å². The van der Waals surface area contributed by atoms with Gasteiger partial charge in [-0.15, -0.1) is 0 Å². The Hall–Kier alpha value is -3.92. The molecule has 0 radical (unpaired) electrons. The van der Waals surface area contributed by atoms with Crippen molar-refractivity contribution in [2.24, 2.45) is 5.73 Å². The average Bonchev–Trinajstić information content (AvgIpc) is 3.29. The maximum absolute atomic E-state index is 14.1. The van der Waals surface area contributed by atoms with Crippen LogP contribution >= 0.6 is 11.5 Å². The van der Waals surface area contributed by atoms with Crippen LogP contribution in [0, 0.1) is 0 Å². The summed E-state index contributed by atoms with van der Waals surface area (Å²) in [5, 5.41) is 3.19. The summed E-state index contributed by atoms with van der Waals surface area (Å²) in [6.45, 7) is 0. The number of anilines is 3. The van der Waals surface area contributed by atoms with Gasteiger partial charge in [-0.1, -0.05) is 49.6 Å². The summed E-state index contributed by atoms with van der Waals surface area (Å²) in [5.41, 5.74) is 13.4. The van der Waals surface area contributed by atoms with Gasteiger partial charge < -0.3 is 21.7 Å². The summed E-state index contributed by atoms with van der Waals surface area (Å²) >= 11 is 0.797. The highest BCUT2D eigenvalue weighted by atomic mass is 32.1. The SMILES string of the molecule is CN(C)c1ccc([C@H](C(=O)NC2CCCCC2)N(C(=O)c2snc(C(N)=O)c2N)c2ccccc2)cc1. The lowest BCUT2D eigenvalue weighted by atomic mass is 9.94. The van der Waals surface area contributed by atoms with Crippen LogP contribution < -0.4 is 26.6 Å². The van der Waals surface area contributed by atoms with E-state index in [2.05, 4.69) is 9.69 Å². The third kappa shape index (κ3) is 5.75. The molecule has 4 rings (SSSR count). The van der Waals surface area contributed by atoms with Crippen molar-refractivity contribution in [3.05, 3.63) is 70.7 Å². The van der Waals surface area contributed by atoms with E-state index in [9.17, 15) is 14.4 Å². The Labute approximate surface area is 220 Å². The first-order valence-corrected chi connectivity index (χ1v) is 13.1. The highest BCUT2D eigenvalue weighted by Gasteiger charge is 2.36. The van der Waals surface area contributed by atoms with Gasteiger partial charge >= 0.3 is 0 Å².